The van der Waals surface area contributed by atoms with Gasteiger partial charge in [0.1, 0.15) is 0 Å². The molecular formula is C56H39N. The third-order valence-corrected chi connectivity index (χ3v) is 13.2. The van der Waals surface area contributed by atoms with Crippen LogP contribution in [0.4, 0.5) is 17.1 Å². The van der Waals surface area contributed by atoms with E-state index in [1.54, 1.807) is 0 Å². The van der Waals surface area contributed by atoms with E-state index in [1.165, 1.54) is 94.3 Å². The fraction of sp³-hybridized carbons (Fsp3) is 0.0714. The number of benzene rings is 9. The molecule has 268 valence electrons. The van der Waals surface area contributed by atoms with E-state index in [4.69, 9.17) is 0 Å². The number of nitrogens with zero attached hydrogens (tertiary/aromatic N) is 1. The smallest absolute Gasteiger partial charge is 0.0726 e. The van der Waals surface area contributed by atoms with Gasteiger partial charge in [0.2, 0.25) is 0 Å². The Kier molecular flexibility index (Phi) is 6.67. The summed E-state index contributed by atoms with van der Waals surface area (Å²) in [5.41, 5.74) is 21.4. The average Bonchev–Trinajstić information content (AvgIpc) is 3.83. The first kappa shape index (κ1) is 32.3. The lowest BCUT2D eigenvalue weighted by atomic mass is 9.70. The predicted octanol–water partition coefficient (Wildman–Crippen LogP) is 14.6. The summed E-state index contributed by atoms with van der Waals surface area (Å²) >= 11 is 0. The van der Waals surface area contributed by atoms with Crippen LogP contribution in [0.25, 0.3) is 55.3 Å². The molecule has 0 fully saturated rings. The van der Waals surface area contributed by atoms with Crippen LogP contribution in [-0.4, -0.2) is 0 Å². The summed E-state index contributed by atoms with van der Waals surface area (Å²) in [6.07, 6.45) is 0. The summed E-state index contributed by atoms with van der Waals surface area (Å²) in [6.45, 7) is 4.84. The third-order valence-electron chi connectivity index (χ3n) is 13.2. The van der Waals surface area contributed by atoms with E-state index in [-0.39, 0.29) is 5.41 Å². The molecule has 0 heterocycles. The van der Waals surface area contributed by atoms with Gasteiger partial charge >= 0.3 is 0 Å². The van der Waals surface area contributed by atoms with E-state index >= 15 is 0 Å². The summed E-state index contributed by atoms with van der Waals surface area (Å²) in [4.78, 5) is 2.53. The van der Waals surface area contributed by atoms with Crippen molar-refractivity contribution < 1.29 is 0 Å². The maximum Gasteiger partial charge on any atom is 0.0726 e. The molecule has 1 heteroatoms. The first-order chi connectivity index (χ1) is 28.0. The Morgan fingerprint density at radius 1 is 0.368 bits per heavy atom. The topological polar surface area (TPSA) is 3.24 Å². The van der Waals surface area contributed by atoms with Crippen LogP contribution in [0.15, 0.2) is 200 Å². The molecule has 0 radical (unpaired) electrons. The van der Waals surface area contributed by atoms with Crippen LogP contribution in [0.3, 0.4) is 0 Å². The van der Waals surface area contributed by atoms with Crippen molar-refractivity contribution in [1.82, 2.24) is 0 Å². The highest BCUT2D eigenvalue weighted by Gasteiger charge is 2.51. The van der Waals surface area contributed by atoms with Gasteiger partial charge in [0.15, 0.2) is 0 Å². The molecule has 3 aliphatic rings. The van der Waals surface area contributed by atoms with Crippen LogP contribution in [0, 0.1) is 0 Å². The molecule has 1 nitrogen and oxygen atoms in total. The molecule has 0 saturated heterocycles. The van der Waals surface area contributed by atoms with Gasteiger partial charge < -0.3 is 4.90 Å². The lowest BCUT2D eigenvalue weighted by Crippen LogP contribution is -2.26. The molecule has 9 aromatic rings. The highest BCUT2D eigenvalue weighted by molar-refractivity contribution is 6.07. The molecule has 57 heavy (non-hydrogen) atoms. The van der Waals surface area contributed by atoms with Gasteiger partial charge in [-0.1, -0.05) is 178 Å². The van der Waals surface area contributed by atoms with E-state index in [2.05, 4.69) is 219 Å². The van der Waals surface area contributed by atoms with Crippen molar-refractivity contribution in [2.24, 2.45) is 0 Å². The van der Waals surface area contributed by atoms with Crippen molar-refractivity contribution in [3.8, 4) is 44.5 Å². The molecule has 0 saturated carbocycles. The van der Waals surface area contributed by atoms with Crippen LogP contribution in [0.5, 0.6) is 0 Å². The minimum Gasteiger partial charge on any atom is -0.310 e. The van der Waals surface area contributed by atoms with Gasteiger partial charge in [0, 0.05) is 22.4 Å². The molecule has 0 aliphatic heterocycles. The summed E-state index contributed by atoms with van der Waals surface area (Å²) in [5.74, 6) is 0. The van der Waals surface area contributed by atoms with Crippen molar-refractivity contribution in [1.29, 1.82) is 0 Å². The van der Waals surface area contributed by atoms with E-state index in [0.29, 0.717) is 0 Å². The predicted molar refractivity (Wildman–Crippen MR) is 238 cm³/mol. The number of anilines is 3. The molecule has 0 unspecified atom stereocenters. The van der Waals surface area contributed by atoms with Gasteiger partial charge in [-0.2, -0.15) is 0 Å². The van der Waals surface area contributed by atoms with Crippen molar-refractivity contribution >= 4 is 27.8 Å². The molecule has 12 rings (SSSR count). The van der Waals surface area contributed by atoms with Gasteiger partial charge in [0.25, 0.3) is 0 Å². The van der Waals surface area contributed by atoms with Crippen molar-refractivity contribution in [2.45, 2.75) is 24.7 Å². The summed E-state index contributed by atoms with van der Waals surface area (Å²) in [6, 6.07) is 74.9. The van der Waals surface area contributed by atoms with E-state index in [1.807, 2.05) is 0 Å². The molecule has 3 aliphatic carbocycles. The zero-order valence-corrected chi connectivity index (χ0v) is 32.0. The molecule has 0 bridgehead atoms. The fourth-order valence-corrected chi connectivity index (χ4v) is 10.9. The minimum atomic E-state index is -0.425. The van der Waals surface area contributed by atoms with Crippen LogP contribution in [-0.2, 0) is 10.8 Å². The number of hydrogen-bond acceptors (Lipinski definition) is 1. The maximum absolute atomic E-state index is 2.53. The number of fused-ring (bicyclic) bond motifs is 15. The van der Waals surface area contributed by atoms with Crippen LogP contribution >= 0.6 is 0 Å². The number of rotatable bonds is 4. The summed E-state index contributed by atoms with van der Waals surface area (Å²) in [5, 5.41) is 2.56. The second kappa shape index (κ2) is 11.8. The Morgan fingerprint density at radius 2 is 0.912 bits per heavy atom. The van der Waals surface area contributed by atoms with Crippen molar-refractivity contribution in [3.05, 3.63) is 234 Å². The zero-order valence-electron chi connectivity index (χ0n) is 32.0. The van der Waals surface area contributed by atoms with E-state index < -0.39 is 5.41 Å². The average molecular weight is 726 g/mol. The monoisotopic (exact) mass is 725 g/mol. The molecule has 0 amide bonds. The largest absolute Gasteiger partial charge is 0.310 e. The van der Waals surface area contributed by atoms with Gasteiger partial charge in [-0.25, -0.2) is 0 Å². The highest BCUT2D eigenvalue weighted by Crippen LogP contribution is 2.64. The van der Waals surface area contributed by atoms with Gasteiger partial charge in [-0.15, -0.1) is 0 Å². The normalized spacial score (nSPS) is 14.4. The molecule has 1 spiro atoms. The Morgan fingerprint density at radius 3 is 1.58 bits per heavy atom. The lowest BCUT2D eigenvalue weighted by molar-refractivity contribution is 0.666. The first-order valence-corrected chi connectivity index (χ1v) is 20.1. The Labute approximate surface area is 334 Å². The van der Waals surface area contributed by atoms with Crippen LogP contribution < -0.4 is 4.90 Å². The van der Waals surface area contributed by atoms with Crippen LogP contribution in [0.2, 0.25) is 0 Å². The first-order valence-electron chi connectivity index (χ1n) is 20.1. The van der Waals surface area contributed by atoms with Gasteiger partial charge in [-0.3, -0.25) is 0 Å². The van der Waals surface area contributed by atoms with Gasteiger partial charge in [0.05, 0.1) is 11.1 Å². The Balaban J connectivity index is 1.16. The minimum absolute atomic E-state index is 0.228. The molecule has 0 atom stereocenters. The lowest BCUT2D eigenvalue weighted by Gasteiger charge is -2.33. The summed E-state index contributed by atoms with van der Waals surface area (Å²) < 4.78 is 0. The second-order valence-electron chi connectivity index (χ2n) is 16.4. The third kappa shape index (κ3) is 4.29. The van der Waals surface area contributed by atoms with Crippen molar-refractivity contribution in [2.75, 3.05) is 4.90 Å². The summed E-state index contributed by atoms with van der Waals surface area (Å²) in [7, 11) is 0. The number of hydrogen-bond donors (Lipinski definition) is 0. The standard InChI is InChI=1S/C56H39N/c1-55(2)50-33-37(36-17-5-3-6-18-36)29-31-46(50)53-52(34-38-19-9-10-22-41(38)54(53)55)57(39-20-7-4-8-21-39)40-30-32-45-44-25-13-16-28-49(44)56(51(45)35-40)47-26-14-11-23-42(47)43-24-12-15-27-48(43)56/h3-35H,1-2H3. The maximum atomic E-state index is 2.53. The highest BCUT2D eigenvalue weighted by atomic mass is 15.1. The van der Waals surface area contributed by atoms with Gasteiger partial charge in [-0.05, 0) is 119 Å². The fourth-order valence-electron chi connectivity index (χ4n) is 10.9. The quantitative estimate of drug-likeness (QED) is 0.175. The Bertz CT molecular complexity index is 3030. The Hall–Kier alpha value is -6.96. The second-order valence-corrected chi connectivity index (χ2v) is 16.4. The van der Waals surface area contributed by atoms with E-state index in [9.17, 15) is 0 Å². The molecule has 9 aromatic carbocycles. The molecule has 0 N–H and O–H groups in total. The molecular weight excluding hydrogens is 687 g/mol. The van der Waals surface area contributed by atoms with Crippen molar-refractivity contribution in [3.63, 3.8) is 0 Å². The van der Waals surface area contributed by atoms with Crippen LogP contribution in [0.1, 0.15) is 47.2 Å². The molecule has 0 aromatic heterocycles. The zero-order chi connectivity index (χ0) is 37.9. The van der Waals surface area contributed by atoms with E-state index in [0.717, 1.165) is 11.4 Å². The number of para-hydroxylation sites is 1. The SMILES string of the molecule is CC1(C)c2cc(-c3ccccc3)ccc2-c2c(N(c3ccccc3)c3ccc4c(c3)C3(c5ccccc5-c5ccccc53)c3ccccc3-4)cc3ccccc3c21.